The van der Waals surface area contributed by atoms with Crippen molar-refractivity contribution in [3.05, 3.63) is 161 Å². The number of carbonyl (C=O) groups excluding carboxylic acids is 1. The third-order valence-corrected chi connectivity index (χ3v) is 8.44. The second kappa shape index (κ2) is 12.8. The minimum atomic E-state index is -0.871. The first-order valence-electron chi connectivity index (χ1n) is 13.9. The van der Waals surface area contributed by atoms with Gasteiger partial charge in [-0.05, 0) is 54.5 Å². The molecule has 9 heteroatoms. The van der Waals surface area contributed by atoms with Gasteiger partial charge in [-0.3, -0.25) is 9.36 Å². The summed E-state index contributed by atoms with van der Waals surface area (Å²) in [4.78, 5) is 32.7. The standard InChI is InChI=1S/C35H26ClFN2O4S/c1-2-42-34(41)30-31(23-8-4-3-5-9-23)38-35-39(32(30)24-14-16-26(37)17-15-24)33(40)29(44-35)20-22-12-18-27(19-13-22)43-21-25-10-6-7-11-28(25)36/h3-20,32H,2,21H2,1H3/b29-20-/t32-/m1/s1. The highest BCUT2D eigenvalue weighted by Crippen LogP contribution is 2.35. The van der Waals surface area contributed by atoms with E-state index in [2.05, 4.69) is 0 Å². The van der Waals surface area contributed by atoms with Crippen LogP contribution < -0.4 is 19.6 Å². The molecule has 5 aromatic rings. The number of carbonyl (C=O) groups is 1. The number of ether oxygens (including phenoxy) is 2. The zero-order chi connectivity index (χ0) is 30.6. The van der Waals surface area contributed by atoms with E-state index in [1.54, 1.807) is 25.1 Å². The molecule has 0 spiro atoms. The van der Waals surface area contributed by atoms with E-state index in [0.717, 1.165) is 11.1 Å². The van der Waals surface area contributed by atoms with Gasteiger partial charge in [-0.2, -0.15) is 0 Å². The van der Waals surface area contributed by atoms with Crippen molar-refractivity contribution in [2.75, 3.05) is 6.61 Å². The molecule has 1 atom stereocenters. The van der Waals surface area contributed by atoms with Crippen molar-refractivity contribution >= 4 is 40.7 Å². The number of rotatable bonds is 8. The summed E-state index contributed by atoms with van der Waals surface area (Å²) in [7, 11) is 0. The summed E-state index contributed by atoms with van der Waals surface area (Å²) in [6.45, 7) is 2.19. The third-order valence-electron chi connectivity index (χ3n) is 7.09. The first kappa shape index (κ1) is 29.3. The summed E-state index contributed by atoms with van der Waals surface area (Å²) in [5.41, 5.74) is 3.22. The lowest BCUT2D eigenvalue weighted by Gasteiger charge is -2.25. The maximum Gasteiger partial charge on any atom is 0.338 e. The Bertz CT molecular complexity index is 2040. The van der Waals surface area contributed by atoms with Gasteiger partial charge in [-0.15, -0.1) is 0 Å². The van der Waals surface area contributed by atoms with Gasteiger partial charge < -0.3 is 9.47 Å². The van der Waals surface area contributed by atoms with E-state index >= 15 is 0 Å². The van der Waals surface area contributed by atoms with Crippen molar-refractivity contribution in [3.63, 3.8) is 0 Å². The van der Waals surface area contributed by atoms with Crippen LogP contribution in [-0.4, -0.2) is 17.1 Å². The molecule has 0 saturated carbocycles. The first-order chi connectivity index (χ1) is 21.4. The van der Waals surface area contributed by atoms with Gasteiger partial charge in [0.2, 0.25) is 0 Å². The van der Waals surface area contributed by atoms with E-state index in [4.69, 9.17) is 26.1 Å². The highest BCUT2D eigenvalue weighted by Gasteiger charge is 2.35. The SMILES string of the molecule is CCOC(=O)C1=C(c2ccccc2)N=c2s/c(=C\c3ccc(OCc4ccccc4Cl)cc3)c(=O)n2[C@@H]1c1ccc(F)cc1. The van der Waals surface area contributed by atoms with Crippen molar-refractivity contribution in [3.8, 4) is 5.75 Å². The number of esters is 1. The first-order valence-corrected chi connectivity index (χ1v) is 15.1. The van der Waals surface area contributed by atoms with Crippen LogP contribution in [-0.2, 0) is 16.1 Å². The number of hydrogen-bond donors (Lipinski definition) is 0. The van der Waals surface area contributed by atoms with Gasteiger partial charge in [0.25, 0.3) is 5.56 Å². The fourth-order valence-electron chi connectivity index (χ4n) is 4.99. The molecule has 220 valence electrons. The molecule has 1 aliphatic rings. The number of benzene rings is 4. The number of fused-ring (bicyclic) bond motifs is 1. The maximum atomic E-state index is 14.0. The fourth-order valence-corrected chi connectivity index (χ4v) is 6.18. The summed E-state index contributed by atoms with van der Waals surface area (Å²) in [5, 5.41) is 0.639. The van der Waals surface area contributed by atoms with Gasteiger partial charge in [-0.25, -0.2) is 14.2 Å². The lowest BCUT2D eigenvalue weighted by atomic mass is 9.93. The Morgan fingerprint density at radius 1 is 0.977 bits per heavy atom. The van der Waals surface area contributed by atoms with Crippen LogP contribution in [0.2, 0.25) is 5.02 Å². The zero-order valence-electron chi connectivity index (χ0n) is 23.6. The van der Waals surface area contributed by atoms with Crippen LogP contribution in [0, 0.1) is 5.82 Å². The lowest BCUT2D eigenvalue weighted by molar-refractivity contribution is -0.138. The highest BCUT2D eigenvalue weighted by atomic mass is 35.5. The molecule has 0 unspecified atom stereocenters. The molecular weight excluding hydrogens is 599 g/mol. The summed E-state index contributed by atoms with van der Waals surface area (Å²) in [5.74, 6) is -0.358. The molecule has 2 heterocycles. The van der Waals surface area contributed by atoms with Gasteiger partial charge in [0.05, 0.1) is 28.5 Å². The number of halogens is 2. The predicted octanol–water partition coefficient (Wildman–Crippen LogP) is 6.31. The second-order valence-corrected chi connectivity index (χ2v) is 11.3. The van der Waals surface area contributed by atoms with Crippen LogP contribution in [0.5, 0.6) is 5.75 Å². The van der Waals surface area contributed by atoms with Gasteiger partial charge in [0.1, 0.15) is 18.2 Å². The molecule has 1 aromatic heterocycles. The van der Waals surface area contributed by atoms with E-state index in [9.17, 15) is 14.0 Å². The van der Waals surface area contributed by atoms with E-state index < -0.39 is 17.8 Å². The topological polar surface area (TPSA) is 69.9 Å². The summed E-state index contributed by atoms with van der Waals surface area (Å²) < 4.78 is 27.2. The molecule has 1 aliphatic heterocycles. The number of aromatic nitrogens is 1. The van der Waals surface area contributed by atoms with Crippen molar-refractivity contribution in [2.45, 2.75) is 19.6 Å². The molecule has 0 saturated heterocycles. The molecule has 0 N–H and O–H groups in total. The fraction of sp³-hybridized carbons (Fsp3) is 0.114. The average Bonchev–Trinajstić information content (AvgIpc) is 3.35. The molecule has 0 amide bonds. The van der Waals surface area contributed by atoms with Crippen molar-refractivity contribution in [1.82, 2.24) is 4.57 Å². The lowest BCUT2D eigenvalue weighted by Crippen LogP contribution is -2.40. The Balaban J connectivity index is 1.43. The maximum absolute atomic E-state index is 14.0. The van der Waals surface area contributed by atoms with Gasteiger partial charge in [0.15, 0.2) is 4.80 Å². The molecule has 0 fully saturated rings. The van der Waals surface area contributed by atoms with Crippen LogP contribution in [0.15, 0.2) is 118 Å². The Labute approximate surface area is 261 Å². The van der Waals surface area contributed by atoms with E-state index in [1.165, 1.54) is 28.0 Å². The van der Waals surface area contributed by atoms with Crippen LogP contribution in [0.1, 0.15) is 35.2 Å². The molecular formula is C35H26ClFN2O4S. The Kier molecular flexibility index (Phi) is 8.54. The van der Waals surface area contributed by atoms with E-state index in [0.29, 0.717) is 43.5 Å². The molecule has 0 bridgehead atoms. The van der Waals surface area contributed by atoms with Crippen LogP contribution in [0.4, 0.5) is 4.39 Å². The summed E-state index contributed by atoms with van der Waals surface area (Å²) >= 11 is 7.46. The Hall–Kier alpha value is -4.79. The van der Waals surface area contributed by atoms with Crippen molar-refractivity contribution in [2.24, 2.45) is 4.99 Å². The largest absolute Gasteiger partial charge is 0.489 e. The number of hydrogen-bond acceptors (Lipinski definition) is 6. The quantitative estimate of drug-likeness (QED) is 0.190. The molecule has 4 aromatic carbocycles. The van der Waals surface area contributed by atoms with E-state index in [1.807, 2.05) is 78.9 Å². The average molecular weight is 625 g/mol. The van der Waals surface area contributed by atoms with Gasteiger partial charge in [0, 0.05) is 16.1 Å². The molecule has 0 aliphatic carbocycles. The van der Waals surface area contributed by atoms with Gasteiger partial charge in [-0.1, -0.05) is 95.7 Å². The third kappa shape index (κ3) is 6.00. The molecule has 0 radical (unpaired) electrons. The second-order valence-electron chi connectivity index (χ2n) is 9.93. The molecule has 6 nitrogen and oxygen atoms in total. The summed E-state index contributed by atoms with van der Waals surface area (Å²) in [6, 6.07) is 29.0. The molecule has 44 heavy (non-hydrogen) atoms. The van der Waals surface area contributed by atoms with Crippen molar-refractivity contribution in [1.29, 1.82) is 0 Å². The monoisotopic (exact) mass is 624 g/mol. The minimum absolute atomic E-state index is 0.142. The van der Waals surface area contributed by atoms with Gasteiger partial charge >= 0.3 is 5.97 Å². The molecule has 6 rings (SSSR count). The minimum Gasteiger partial charge on any atom is -0.489 e. The normalized spacial score (nSPS) is 14.6. The smallest absolute Gasteiger partial charge is 0.338 e. The summed E-state index contributed by atoms with van der Waals surface area (Å²) in [6.07, 6.45) is 1.78. The number of nitrogens with zero attached hydrogens (tertiary/aromatic N) is 2. The van der Waals surface area contributed by atoms with Crippen LogP contribution in [0.3, 0.4) is 0 Å². The predicted molar refractivity (Wildman–Crippen MR) is 170 cm³/mol. The Morgan fingerprint density at radius 2 is 1.68 bits per heavy atom. The zero-order valence-corrected chi connectivity index (χ0v) is 25.1. The van der Waals surface area contributed by atoms with Crippen molar-refractivity contribution < 1.29 is 18.7 Å². The van der Waals surface area contributed by atoms with E-state index in [-0.39, 0.29) is 17.7 Å². The number of thiazole rings is 1. The Morgan fingerprint density at radius 3 is 2.39 bits per heavy atom. The highest BCUT2D eigenvalue weighted by molar-refractivity contribution is 7.07. The van der Waals surface area contributed by atoms with Crippen LogP contribution >= 0.6 is 22.9 Å². The van der Waals surface area contributed by atoms with Crippen LogP contribution in [0.25, 0.3) is 11.8 Å².